The van der Waals surface area contributed by atoms with E-state index in [0.717, 1.165) is 43.7 Å². The summed E-state index contributed by atoms with van der Waals surface area (Å²) in [6, 6.07) is 12.7. The molecule has 24 heavy (non-hydrogen) atoms. The zero-order chi connectivity index (χ0) is 16.8. The molecule has 2 aromatic rings. The maximum atomic E-state index is 12.5. The Labute approximate surface area is 143 Å². The van der Waals surface area contributed by atoms with Crippen molar-refractivity contribution in [2.75, 3.05) is 6.54 Å². The fraction of sp³-hybridized carbons (Fsp3) is 0.421. The van der Waals surface area contributed by atoms with Gasteiger partial charge in [0.25, 0.3) is 0 Å². The van der Waals surface area contributed by atoms with Crippen molar-refractivity contribution in [3.8, 4) is 0 Å². The molecule has 1 fully saturated rings. The van der Waals surface area contributed by atoms with Gasteiger partial charge in [0.15, 0.2) is 0 Å². The number of aromatic nitrogens is 2. The van der Waals surface area contributed by atoms with Gasteiger partial charge in [-0.05, 0) is 44.2 Å². The monoisotopic (exact) mass is 324 g/mol. The molecule has 0 bridgehead atoms. The van der Waals surface area contributed by atoms with Crippen LogP contribution in [0.4, 0.5) is 4.79 Å². The van der Waals surface area contributed by atoms with Crippen molar-refractivity contribution in [1.29, 1.82) is 0 Å². The summed E-state index contributed by atoms with van der Waals surface area (Å²) in [6.07, 6.45) is 5.93. The minimum Gasteiger partial charge on any atom is -0.332 e. The molecule has 1 unspecified atom stereocenters. The Balaban J connectivity index is 1.51. The predicted octanol–water partition coefficient (Wildman–Crippen LogP) is 3.09. The van der Waals surface area contributed by atoms with Crippen molar-refractivity contribution in [1.82, 2.24) is 20.2 Å². The van der Waals surface area contributed by atoms with Crippen molar-refractivity contribution in [3.05, 3.63) is 59.7 Å². The first-order valence-electron chi connectivity index (χ1n) is 8.59. The van der Waals surface area contributed by atoms with Gasteiger partial charge in [0.1, 0.15) is 5.82 Å². The first-order valence-corrected chi connectivity index (χ1v) is 8.59. The minimum absolute atomic E-state index is 0.0156. The molecule has 1 aliphatic rings. The van der Waals surface area contributed by atoms with Crippen molar-refractivity contribution in [2.24, 2.45) is 0 Å². The van der Waals surface area contributed by atoms with E-state index in [9.17, 15) is 4.79 Å². The van der Waals surface area contributed by atoms with Gasteiger partial charge in [0, 0.05) is 18.8 Å². The summed E-state index contributed by atoms with van der Waals surface area (Å²) in [7, 11) is 0. The molecular weight excluding hydrogens is 300 g/mol. The van der Waals surface area contributed by atoms with Crippen LogP contribution in [-0.4, -0.2) is 33.5 Å². The van der Waals surface area contributed by atoms with Crippen LogP contribution in [0.1, 0.15) is 36.3 Å². The maximum Gasteiger partial charge on any atom is 0.317 e. The third-order valence-corrected chi connectivity index (χ3v) is 4.50. The van der Waals surface area contributed by atoms with Gasteiger partial charge in [-0.25, -0.2) is 14.8 Å². The molecule has 0 radical (unpaired) electrons. The van der Waals surface area contributed by atoms with Crippen LogP contribution in [-0.2, 0) is 13.0 Å². The number of amides is 2. The van der Waals surface area contributed by atoms with Crippen LogP contribution in [0.2, 0.25) is 0 Å². The molecule has 5 heteroatoms. The van der Waals surface area contributed by atoms with Crippen LogP contribution in [0.5, 0.6) is 0 Å². The summed E-state index contributed by atoms with van der Waals surface area (Å²) < 4.78 is 0. The Bertz CT molecular complexity index is 674. The molecule has 1 atom stereocenters. The molecule has 2 amide bonds. The molecule has 1 N–H and O–H groups in total. The summed E-state index contributed by atoms with van der Waals surface area (Å²) in [5.74, 6) is 0.726. The fourth-order valence-electron chi connectivity index (χ4n) is 3.25. The molecule has 1 saturated heterocycles. The first kappa shape index (κ1) is 16.4. The lowest BCUT2D eigenvalue weighted by Crippen LogP contribution is -2.42. The zero-order valence-corrected chi connectivity index (χ0v) is 14.1. The fourth-order valence-corrected chi connectivity index (χ4v) is 3.25. The SMILES string of the molecule is Cc1nccc(CNC(=O)N2CCCC2CCc2ccccc2)n1. The molecular formula is C19H24N4O. The largest absolute Gasteiger partial charge is 0.332 e. The third-order valence-electron chi connectivity index (χ3n) is 4.50. The molecule has 0 saturated carbocycles. The lowest BCUT2D eigenvalue weighted by atomic mass is 10.0. The highest BCUT2D eigenvalue weighted by atomic mass is 16.2. The van der Waals surface area contributed by atoms with Crippen LogP contribution in [0, 0.1) is 6.92 Å². The minimum atomic E-state index is 0.0156. The van der Waals surface area contributed by atoms with Crippen LogP contribution in [0.15, 0.2) is 42.6 Å². The normalized spacial score (nSPS) is 17.0. The highest BCUT2D eigenvalue weighted by Crippen LogP contribution is 2.22. The smallest absolute Gasteiger partial charge is 0.317 e. The number of aryl methyl sites for hydroxylation is 2. The molecule has 1 aliphatic heterocycles. The molecule has 1 aromatic heterocycles. The average Bonchev–Trinajstić information content (AvgIpc) is 3.07. The van der Waals surface area contributed by atoms with E-state index in [1.54, 1.807) is 6.20 Å². The number of rotatable bonds is 5. The number of hydrogen-bond donors (Lipinski definition) is 1. The molecule has 126 valence electrons. The highest BCUT2D eigenvalue weighted by Gasteiger charge is 2.28. The van der Waals surface area contributed by atoms with E-state index >= 15 is 0 Å². The van der Waals surface area contributed by atoms with Crippen LogP contribution in [0.3, 0.4) is 0 Å². The second-order valence-electron chi connectivity index (χ2n) is 6.27. The van der Waals surface area contributed by atoms with E-state index in [-0.39, 0.29) is 6.03 Å². The summed E-state index contributed by atoms with van der Waals surface area (Å²) in [5, 5.41) is 2.99. The molecule has 1 aromatic carbocycles. The van der Waals surface area contributed by atoms with Crippen molar-refractivity contribution in [2.45, 2.75) is 45.2 Å². The van der Waals surface area contributed by atoms with Gasteiger partial charge in [-0.3, -0.25) is 0 Å². The lowest BCUT2D eigenvalue weighted by Gasteiger charge is -2.25. The van der Waals surface area contributed by atoms with Gasteiger partial charge in [0.05, 0.1) is 12.2 Å². The highest BCUT2D eigenvalue weighted by molar-refractivity contribution is 5.74. The number of urea groups is 1. The van der Waals surface area contributed by atoms with E-state index < -0.39 is 0 Å². The first-order chi connectivity index (χ1) is 11.7. The number of nitrogens with one attached hydrogen (secondary N) is 1. The Morgan fingerprint density at radius 1 is 1.29 bits per heavy atom. The number of likely N-dealkylation sites (tertiary alicyclic amines) is 1. The van der Waals surface area contributed by atoms with Gasteiger partial charge in [0.2, 0.25) is 0 Å². The summed E-state index contributed by atoms with van der Waals surface area (Å²) in [5.41, 5.74) is 2.18. The van der Waals surface area contributed by atoms with E-state index in [2.05, 4.69) is 39.6 Å². The standard InChI is InChI=1S/C19H24N4O/c1-15-20-12-11-17(22-15)14-21-19(24)23-13-5-8-18(23)10-9-16-6-3-2-4-7-16/h2-4,6-7,11-12,18H,5,8-10,13-14H2,1H3,(H,21,24). The Morgan fingerprint density at radius 3 is 2.92 bits per heavy atom. The van der Waals surface area contributed by atoms with Crippen LogP contribution < -0.4 is 5.32 Å². The average molecular weight is 324 g/mol. The number of benzene rings is 1. The van der Waals surface area contributed by atoms with E-state index in [1.807, 2.05) is 24.0 Å². The van der Waals surface area contributed by atoms with E-state index in [4.69, 9.17) is 0 Å². The van der Waals surface area contributed by atoms with Gasteiger partial charge >= 0.3 is 6.03 Å². The Morgan fingerprint density at radius 2 is 2.12 bits per heavy atom. The molecule has 0 aliphatic carbocycles. The van der Waals surface area contributed by atoms with Gasteiger partial charge in [-0.1, -0.05) is 30.3 Å². The summed E-state index contributed by atoms with van der Waals surface area (Å²) in [6.45, 7) is 3.14. The topological polar surface area (TPSA) is 58.1 Å². The molecule has 5 nitrogen and oxygen atoms in total. The molecule has 0 spiro atoms. The quantitative estimate of drug-likeness (QED) is 0.919. The molecule has 2 heterocycles. The van der Waals surface area contributed by atoms with E-state index in [1.165, 1.54) is 5.56 Å². The lowest BCUT2D eigenvalue weighted by molar-refractivity contribution is 0.189. The molecule has 3 rings (SSSR count). The third kappa shape index (κ3) is 4.31. The number of hydrogen-bond acceptors (Lipinski definition) is 3. The van der Waals surface area contributed by atoms with Gasteiger partial charge in [-0.2, -0.15) is 0 Å². The van der Waals surface area contributed by atoms with Gasteiger partial charge < -0.3 is 10.2 Å². The second kappa shape index (κ2) is 7.90. The Kier molecular flexibility index (Phi) is 5.41. The van der Waals surface area contributed by atoms with Crippen LogP contribution >= 0.6 is 0 Å². The van der Waals surface area contributed by atoms with Crippen molar-refractivity contribution < 1.29 is 4.79 Å². The zero-order valence-electron chi connectivity index (χ0n) is 14.1. The van der Waals surface area contributed by atoms with Crippen molar-refractivity contribution >= 4 is 6.03 Å². The van der Waals surface area contributed by atoms with E-state index in [0.29, 0.717) is 12.6 Å². The Hall–Kier alpha value is -2.43. The summed E-state index contributed by atoms with van der Waals surface area (Å²) >= 11 is 0. The second-order valence-corrected chi connectivity index (χ2v) is 6.27. The summed E-state index contributed by atoms with van der Waals surface area (Å²) in [4.78, 5) is 22.9. The number of nitrogens with zero attached hydrogens (tertiary/aromatic N) is 3. The van der Waals surface area contributed by atoms with Crippen LogP contribution in [0.25, 0.3) is 0 Å². The van der Waals surface area contributed by atoms with Gasteiger partial charge in [-0.15, -0.1) is 0 Å². The predicted molar refractivity (Wildman–Crippen MR) is 93.5 cm³/mol. The maximum absolute atomic E-state index is 12.5. The number of carbonyl (C=O) groups is 1. The van der Waals surface area contributed by atoms with Crippen molar-refractivity contribution in [3.63, 3.8) is 0 Å². The number of carbonyl (C=O) groups excluding carboxylic acids is 1.